The van der Waals surface area contributed by atoms with Crippen LogP contribution in [0.2, 0.25) is 10.0 Å². The first-order chi connectivity index (χ1) is 9.99. The number of hydrogen-bond donors (Lipinski definition) is 1. The van der Waals surface area contributed by atoms with Crippen LogP contribution in [0.4, 0.5) is 5.69 Å². The van der Waals surface area contributed by atoms with Gasteiger partial charge in [-0.15, -0.1) is 0 Å². The Balaban J connectivity index is 1.89. The summed E-state index contributed by atoms with van der Waals surface area (Å²) in [6.07, 6.45) is 0. The van der Waals surface area contributed by atoms with E-state index in [1.165, 1.54) is 0 Å². The molecule has 21 heavy (non-hydrogen) atoms. The molecule has 1 N–H and O–H groups in total. The van der Waals surface area contributed by atoms with E-state index in [2.05, 4.69) is 5.32 Å². The molecule has 0 spiro atoms. The summed E-state index contributed by atoms with van der Waals surface area (Å²) in [7, 11) is 0. The molecule has 0 aliphatic heterocycles. The third-order valence-corrected chi connectivity index (χ3v) is 4.37. The molecule has 2 aromatic rings. The average Bonchev–Trinajstić information content (AvgIpc) is 2.45. The summed E-state index contributed by atoms with van der Waals surface area (Å²) in [5.41, 5.74) is 4.16. The molecule has 0 bridgehead atoms. The number of halogens is 2. The van der Waals surface area contributed by atoms with Crippen LogP contribution in [0, 0.1) is 20.8 Å². The molecule has 0 fully saturated rings. The van der Waals surface area contributed by atoms with Crippen LogP contribution in [0.25, 0.3) is 0 Å². The molecule has 112 valence electrons. The second-order valence-corrected chi connectivity index (χ2v) is 5.84. The van der Waals surface area contributed by atoms with Crippen molar-refractivity contribution in [3.63, 3.8) is 0 Å². The van der Waals surface area contributed by atoms with Crippen LogP contribution >= 0.6 is 23.2 Å². The maximum atomic E-state index is 6.14. The van der Waals surface area contributed by atoms with E-state index in [0.717, 1.165) is 38.2 Å². The molecule has 0 amide bonds. The molecule has 0 saturated carbocycles. The summed E-state index contributed by atoms with van der Waals surface area (Å²) < 4.78 is 5.76. The highest BCUT2D eigenvalue weighted by molar-refractivity contribution is 6.32. The molecule has 0 aliphatic rings. The molecule has 0 heterocycles. The summed E-state index contributed by atoms with van der Waals surface area (Å²) in [6, 6.07) is 9.75. The van der Waals surface area contributed by atoms with E-state index in [-0.39, 0.29) is 0 Å². The van der Waals surface area contributed by atoms with Gasteiger partial charge < -0.3 is 10.1 Å². The van der Waals surface area contributed by atoms with Gasteiger partial charge in [0.15, 0.2) is 0 Å². The lowest BCUT2D eigenvalue weighted by Gasteiger charge is -2.13. The topological polar surface area (TPSA) is 21.3 Å². The molecule has 0 radical (unpaired) electrons. The lowest BCUT2D eigenvalue weighted by atomic mass is 10.1. The van der Waals surface area contributed by atoms with Crippen LogP contribution in [-0.2, 0) is 0 Å². The molecule has 0 atom stereocenters. The number of rotatable bonds is 5. The van der Waals surface area contributed by atoms with E-state index in [1.54, 1.807) is 0 Å². The highest BCUT2D eigenvalue weighted by Gasteiger charge is 2.04. The third-order valence-electron chi connectivity index (χ3n) is 3.36. The fourth-order valence-electron chi connectivity index (χ4n) is 2.14. The van der Waals surface area contributed by atoms with Crippen molar-refractivity contribution >= 4 is 28.9 Å². The van der Waals surface area contributed by atoms with Crippen molar-refractivity contribution in [1.82, 2.24) is 0 Å². The van der Waals surface area contributed by atoms with Gasteiger partial charge >= 0.3 is 0 Å². The quantitative estimate of drug-likeness (QED) is 0.743. The van der Waals surface area contributed by atoms with Crippen LogP contribution in [0.15, 0.2) is 30.3 Å². The lowest BCUT2D eigenvalue weighted by Crippen LogP contribution is -2.12. The monoisotopic (exact) mass is 323 g/mol. The number of aryl methyl sites for hydroxylation is 2. The van der Waals surface area contributed by atoms with E-state index in [0.29, 0.717) is 13.2 Å². The standard InChI is InChI=1S/C17H19Cl2NO/c1-11-9-14(10-12(2)17(11)19)21-8-7-20-16-6-4-5-15(18)13(16)3/h4-6,9-10,20H,7-8H2,1-3H3. The molecular formula is C17H19Cl2NO. The van der Waals surface area contributed by atoms with Crippen LogP contribution in [0.5, 0.6) is 5.75 Å². The van der Waals surface area contributed by atoms with Crippen LogP contribution in [-0.4, -0.2) is 13.2 Å². The average molecular weight is 324 g/mol. The number of nitrogens with one attached hydrogen (secondary N) is 1. The van der Waals surface area contributed by atoms with Crippen LogP contribution < -0.4 is 10.1 Å². The first kappa shape index (κ1) is 16.0. The number of benzene rings is 2. The summed E-state index contributed by atoms with van der Waals surface area (Å²) in [5, 5.41) is 4.90. The van der Waals surface area contributed by atoms with E-state index in [9.17, 15) is 0 Å². The molecular weight excluding hydrogens is 305 g/mol. The van der Waals surface area contributed by atoms with Gasteiger partial charge in [-0.3, -0.25) is 0 Å². The largest absolute Gasteiger partial charge is 0.492 e. The Morgan fingerprint density at radius 3 is 2.38 bits per heavy atom. The van der Waals surface area contributed by atoms with Gasteiger partial charge in [0.05, 0.1) is 0 Å². The van der Waals surface area contributed by atoms with Crippen molar-refractivity contribution in [2.24, 2.45) is 0 Å². The van der Waals surface area contributed by atoms with Gasteiger partial charge in [-0.25, -0.2) is 0 Å². The summed E-state index contributed by atoms with van der Waals surface area (Å²) in [5.74, 6) is 0.846. The molecule has 4 heteroatoms. The zero-order valence-corrected chi connectivity index (χ0v) is 14.0. The van der Waals surface area contributed by atoms with Gasteiger partial charge in [0.2, 0.25) is 0 Å². The maximum absolute atomic E-state index is 6.14. The third kappa shape index (κ3) is 4.05. The van der Waals surface area contributed by atoms with Crippen molar-refractivity contribution in [2.45, 2.75) is 20.8 Å². The minimum Gasteiger partial charge on any atom is -0.492 e. The molecule has 0 aliphatic carbocycles. The normalized spacial score (nSPS) is 10.5. The lowest BCUT2D eigenvalue weighted by molar-refractivity contribution is 0.332. The van der Waals surface area contributed by atoms with Gasteiger partial charge in [-0.2, -0.15) is 0 Å². The Hall–Kier alpha value is -1.38. The SMILES string of the molecule is Cc1cc(OCCNc2cccc(Cl)c2C)cc(C)c1Cl. The highest BCUT2D eigenvalue weighted by Crippen LogP contribution is 2.26. The minimum atomic E-state index is 0.576. The Morgan fingerprint density at radius 1 is 1.05 bits per heavy atom. The van der Waals surface area contributed by atoms with Crippen molar-refractivity contribution < 1.29 is 4.74 Å². The molecule has 2 aromatic carbocycles. The smallest absolute Gasteiger partial charge is 0.120 e. The zero-order valence-electron chi connectivity index (χ0n) is 12.5. The molecule has 2 nitrogen and oxygen atoms in total. The molecule has 0 unspecified atom stereocenters. The first-order valence-corrected chi connectivity index (χ1v) is 7.63. The van der Waals surface area contributed by atoms with Gasteiger partial charge in [0, 0.05) is 22.3 Å². The van der Waals surface area contributed by atoms with E-state index < -0.39 is 0 Å². The fraction of sp³-hybridized carbons (Fsp3) is 0.294. The molecule has 2 rings (SSSR count). The van der Waals surface area contributed by atoms with Gasteiger partial charge in [0.25, 0.3) is 0 Å². The Morgan fingerprint density at radius 2 is 1.71 bits per heavy atom. The Labute approximate surface area is 136 Å². The number of hydrogen-bond acceptors (Lipinski definition) is 2. The number of ether oxygens (including phenoxy) is 1. The fourth-order valence-corrected chi connectivity index (χ4v) is 2.43. The van der Waals surface area contributed by atoms with Crippen molar-refractivity contribution in [1.29, 1.82) is 0 Å². The van der Waals surface area contributed by atoms with Crippen LogP contribution in [0.1, 0.15) is 16.7 Å². The Kier molecular flexibility index (Phi) is 5.38. The summed E-state index contributed by atoms with van der Waals surface area (Å²) in [6.45, 7) is 7.25. The maximum Gasteiger partial charge on any atom is 0.120 e. The minimum absolute atomic E-state index is 0.576. The molecule has 0 saturated heterocycles. The van der Waals surface area contributed by atoms with Crippen molar-refractivity contribution in [3.8, 4) is 5.75 Å². The number of anilines is 1. The van der Waals surface area contributed by atoms with E-state index in [1.807, 2.05) is 51.1 Å². The highest BCUT2D eigenvalue weighted by atomic mass is 35.5. The van der Waals surface area contributed by atoms with Crippen LogP contribution in [0.3, 0.4) is 0 Å². The van der Waals surface area contributed by atoms with Gasteiger partial charge in [-0.1, -0.05) is 29.3 Å². The molecule has 0 aromatic heterocycles. The Bertz CT molecular complexity index is 618. The second-order valence-electron chi connectivity index (χ2n) is 5.06. The van der Waals surface area contributed by atoms with E-state index >= 15 is 0 Å². The summed E-state index contributed by atoms with van der Waals surface area (Å²) >= 11 is 12.2. The predicted molar refractivity (Wildman–Crippen MR) is 91.1 cm³/mol. The predicted octanol–water partition coefficient (Wildman–Crippen LogP) is 5.41. The van der Waals surface area contributed by atoms with Crippen molar-refractivity contribution in [2.75, 3.05) is 18.5 Å². The van der Waals surface area contributed by atoms with Gasteiger partial charge in [0.1, 0.15) is 12.4 Å². The first-order valence-electron chi connectivity index (χ1n) is 6.87. The van der Waals surface area contributed by atoms with Gasteiger partial charge in [-0.05, 0) is 61.7 Å². The summed E-state index contributed by atoms with van der Waals surface area (Å²) in [4.78, 5) is 0. The zero-order chi connectivity index (χ0) is 15.4. The van der Waals surface area contributed by atoms with E-state index in [4.69, 9.17) is 27.9 Å². The second kappa shape index (κ2) is 7.06. The van der Waals surface area contributed by atoms with Crippen molar-refractivity contribution in [3.05, 3.63) is 57.1 Å².